The number of amides is 1. The predicted molar refractivity (Wildman–Crippen MR) is 108 cm³/mol. The summed E-state index contributed by atoms with van der Waals surface area (Å²) in [7, 11) is -3.75. The number of hydrogen-bond donors (Lipinski definition) is 1. The zero-order valence-electron chi connectivity index (χ0n) is 14.7. The average Bonchev–Trinajstić information content (AvgIpc) is 2.53. The number of carbonyl (C=O) groups excluding carboxylic acids is 1. The van der Waals surface area contributed by atoms with Crippen LogP contribution in [-0.4, -0.2) is 26.6 Å². The maximum Gasteiger partial charge on any atom is 0.248 e. The van der Waals surface area contributed by atoms with Gasteiger partial charge in [-0.05, 0) is 43.2 Å². The first kappa shape index (κ1) is 20.6. The number of anilines is 2. The molecule has 0 aromatic heterocycles. The summed E-state index contributed by atoms with van der Waals surface area (Å²) in [4.78, 5) is 12.7. The topological polar surface area (TPSA) is 66.5 Å². The fourth-order valence-corrected chi connectivity index (χ4v) is 4.34. The maximum atomic E-state index is 12.7. The second-order valence-corrected chi connectivity index (χ2v) is 8.59. The molecule has 2 rings (SSSR count). The van der Waals surface area contributed by atoms with Gasteiger partial charge in [-0.1, -0.05) is 48.3 Å². The number of sulfonamides is 1. The van der Waals surface area contributed by atoms with Gasteiger partial charge >= 0.3 is 0 Å². The molecule has 0 saturated heterocycles. The van der Waals surface area contributed by atoms with E-state index in [-0.39, 0.29) is 15.7 Å². The molecule has 1 amide bonds. The van der Waals surface area contributed by atoms with Crippen LogP contribution >= 0.6 is 23.2 Å². The van der Waals surface area contributed by atoms with Crippen molar-refractivity contribution >= 4 is 50.5 Å². The summed E-state index contributed by atoms with van der Waals surface area (Å²) in [5.41, 5.74) is 1.85. The van der Waals surface area contributed by atoms with E-state index in [1.807, 2.05) is 25.1 Å². The molecule has 0 spiro atoms. The third-order valence-electron chi connectivity index (χ3n) is 3.85. The van der Waals surface area contributed by atoms with Crippen LogP contribution in [0.3, 0.4) is 0 Å². The summed E-state index contributed by atoms with van der Waals surface area (Å²) in [5.74, 6) is -0.451. The molecule has 1 N–H and O–H groups in total. The van der Waals surface area contributed by atoms with Crippen LogP contribution < -0.4 is 9.62 Å². The third-order valence-corrected chi connectivity index (χ3v) is 5.52. The van der Waals surface area contributed by atoms with E-state index in [0.717, 1.165) is 22.5 Å². The number of para-hydroxylation sites is 1. The molecule has 140 valence electrons. The lowest BCUT2D eigenvalue weighted by Gasteiger charge is -2.28. The molecule has 5 nitrogen and oxygen atoms in total. The first-order chi connectivity index (χ1) is 12.1. The molecular weight excluding hydrogens is 395 g/mol. The van der Waals surface area contributed by atoms with Crippen LogP contribution in [0, 0.1) is 0 Å². The van der Waals surface area contributed by atoms with Crippen molar-refractivity contribution in [3.8, 4) is 0 Å². The number of nitrogens with zero attached hydrogens (tertiary/aromatic N) is 1. The number of nitrogens with one attached hydrogen (secondary N) is 1. The second kappa shape index (κ2) is 8.29. The Bertz CT molecular complexity index is 896. The molecule has 0 radical (unpaired) electrons. The Hall–Kier alpha value is -1.76. The first-order valence-electron chi connectivity index (χ1n) is 7.97. The van der Waals surface area contributed by atoms with Gasteiger partial charge in [0.05, 0.1) is 11.9 Å². The Morgan fingerprint density at radius 2 is 1.73 bits per heavy atom. The van der Waals surface area contributed by atoms with Crippen LogP contribution in [0.4, 0.5) is 11.4 Å². The second-order valence-electron chi connectivity index (χ2n) is 5.86. The fourth-order valence-electron chi connectivity index (χ4n) is 2.66. The summed E-state index contributed by atoms with van der Waals surface area (Å²) >= 11 is 12.0. The van der Waals surface area contributed by atoms with Crippen molar-refractivity contribution in [2.75, 3.05) is 15.9 Å². The normalized spacial score (nSPS) is 12.5. The van der Waals surface area contributed by atoms with Gasteiger partial charge in [0, 0.05) is 15.7 Å². The van der Waals surface area contributed by atoms with Crippen LogP contribution in [-0.2, 0) is 21.2 Å². The highest BCUT2D eigenvalue weighted by Crippen LogP contribution is 2.29. The molecule has 0 aliphatic carbocycles. The number of benzene rings is 2. The molecule has 2 aromatic rings. The van der Waals surface area contributed by atoms with Crippen molar-refractivity contribution in [2.45, 2.75) is 26.3 Å². The van der Waals surface area contributed by atoms with Crippen LogP contribution in [0.1, 0.15) is 19.4 Å². The van der Waals surface area contributed by atoms with Gasteiger partial charge in [0.15, 0.2) is 0 Å². The SMILES string of the molecule is CCc1ccccc1NC(=O)C(C)N(c1cc(Cl)cc(Cl)c1)S(C)(=O)=O. The Morgan fingerprint density at radius 3 is 2.27 bits per heavy atom. The molecule has 8 heteroatoms. The van der Waals surface area contributed by atoms with Gasteiger partial charge in [-0.3, -0.25) is 9.10 Å². The molecule has 0 heterocycles. The third kappa shape index (κ3) is 4.90. The molecule has 0 saturated carbocycles. The number of aryl methyl sites for hydroxylation is 1. The molecular formula is C18H20Cl2N2O3S. The van der Waals surface area contributed by atoms with Crippen molar-refractivity contribution in [1.82, 2.24) is 0 Å². The number of carbonyl (C=O) groups is 1. The highest BCUT2D eigenvalue weighted by Gasteiger charge is 2.30. The molecule has 0 aliphatic heterocycles. The molecule has 1 atom stereocenters. The molecule has 0 aliphatic rings. The zero-order valence-corrected chi connectivity index (χ0v) is 17.0. The number of hydrogen-bond acceptors (Lipinski definition) is 3. The minimum absolute atomic E-state index is 0.233. The van der Waals surface area contributed by atoms with E-state index in [4.69, 9.17) is 23.2 Å². The smallest absolute Gasteiger partial charge is 0.248 e. The summed E-state index contributed by atoms with van der Waals surface area (Å²) in [5, 5.41) is 3.37. The van der Waals surface area contributed by atoms with Crippen molar-refractivity contribution in [2.24, 2.45) is 0 Å². The summed E-state index contributed by atoms with van der Waals surface area (Å²) < 4.78 is 25.7. The molecule has 1 unspecified atom stereocenters. The Morgan fingerprint density at radius 1 is 1.15 bits per heavy atom. The van der Waals surface area contributed by atoms with Gasteiger partial charge in [-0.15, -0.1) is 0 Å². The van der Waals surface area contributed by atoms with E-state index in [1.165, 1.54) is 25.1 Å². The predicted octanol–water partition coefficient (Wildman–Crippen LogP) is 4.35. The molecule has 2 aromatic carbocycles. The van der Waals surface area contributed by atoms with Crippen molar-refractivity contribution in [1.29, 1.82) is 0 Å². The van der Waals surface area contributed by atoms with E-state index in [2.05, 4.69) is 5.32 Å². The number of halogens is 2. The van der Waals surface area contributed by atoms with E-state index >= 15 is 0 Å². The van der Waals surface area contributed by atoms with Crippen molar-refractivity contribution in [3.05, 3.63) is 58.1 Å². The average molecular weight is 415 g/mol. The van der Waals surface area contributed by atoms with Crippen molar-refractivity contribution < 1.29 is 13.2 Å². The summed E-state index contributed by atoms with van der Waals surface area (Å²) in [6.45, 7) is 3.49. The van der Waals surface area contributed by atoms with Crippen LogP contribution in [0.2, 0.25) is 10.0 Å². The standard InChI is InChI=1S/C18H20Cl2N2O3S/c1-4-13-7-5-6-8-17(13)21-18(23)12(2)22(26(3,24)25)16-10-14(19)9-15(20)11-16/h5-12H,4H2,1-3H3,(H,21,23). The van der Waals surface area contributed by atoms with Gasteiger partial charge < -0.3 is 5.32 Å². The lowest BCUT2D eigenvalue weighted by atomic mass is 10.1. The Balaban J connectivity index is 2.38. The van der Waals surface area contributed by atoms with Crippen LogP contribution in [0.15, 0.2) is 42.5 Å². The van der Waals surface area contributed by atoms with Gasteiger partial charge in [0.1, 0.15) is 6.04 Å². The minimum Gasteiger partial charge on any atom is -0.324 e. The Kier molecular flexibility index (Phi) is 6.55. The van der Waals surface area contributed by atoms with Gasteiger partial charge in [0.25, 0.3) is 0 Å². The summed E-state index contributed by atoms with van der Waals surface area (Å²) in [6.07, 6.45) is 1.77. The van der Waals surface area contributed by atoms with Crippen LogP contribution in [0.5, 0.6) is 0 Å². The van der Waals surface area contributed by atoms with Gasteiger partial charge in [-0.25, -0.2) is 8.42 Å². The first-order valence-corrected chi connectivity index (χ1v) is 10.6. The summed E-state index contributed by atoms with van der Waals surface area (Å²) in [6, 6.07) is 10.8. The largest absolute Gasteiger partial charge is 0.324 e. The van der Waals surface area contributed by atoms with Gasteiger partial charge in [-0.2, -0.15) is 0 Å². The van der Waals surface area contributed by atoms with Crippen molar-refractivity contribution in [3.63, 3.8) is 0 Å². The van der Waals surface area contributed by atoms with Gasteiger partial charge in [0.2, 0.25) is 15.9 Å². The quantitative estimate of drug-likeness (QED) is 0.763. The van der Waals surface area contributed by atoms with E-state index < -0.39 is 22.0 Å². The molecule has 0 fully saturated rings. The van der Waals surface area contributed by atoms with Crippen LogP contribution in [0.25, 0.3) is 0 Å². The monoisotopic (exact) mass is 414 g/mol. The van der Waals surface area contributed by atoms with E-state index in [1.54, 1.807) is 6.07 Å². The highest BCUT2D eigenvalue weighted by molar-refractivity contribution is 7.92. The lowest BCUT2D eigenvalue weighted by molar-refractivity contribution is -0.116. The molecule has 26 heavy (non-hydrogen) atoms. The maximum absolute atomic E-state index is 12.7. The lowest BCUT2D eigenvalue weighted by Crippen LogP contribution is -2.45. The Labute approximate surface area is 164 Å². The fraction of sp³-hybridized carbons (Fsp3) is 0.278. The minimum atomic E-state index is -3.75. The van der Waals surface area contributed by atoms with E-state index in [0.29, 0.717) is 5.69 Å². The number of rotatable bonds is 6. The molecule has 0 bridgehead atoms. The zero-order chi connectivity index (χ0) is 19.5. The van der Waals surface area contributed by atoms with E-state index in [9.17, 15) is 13.2 Å². The highest BCUT2D eigenvalue weighted by atomic mass is 35.5.